The van der Waals surface area contributed by atoms with Crippen LogP contribution in [0.3, 0.4) is 0 Å². The second-order valence-corrected chi connectivity index (χ2v) is 7.37. The fourth-order valence-electron chi connectivity index (χ4n) is 2.48. The van der Waals surface area contributed by atoms with Gasteiger partial charge in [-0.05, 0) is 56.7 Å². The largest absolute Gasteiger partial charge is 0.310 e. The van der Waals surface area contributed by atoms with Crippen molar-refractivity contribution in [1.82, 2.24) is 5.32 Å². The molecule has 1 atom stereocenters. The van der Waals surface area contributed by atoms with Crippen LogP contribution in [0.25, 0.3) is 10.1 Å². The molecule has 104 valence electrons. The maximum Gasteiger partial charge on any atom is 0.0488 e. The van der Waals surface area contributed by atoms with E-state index in [0.29, 0.717) is 6.04 Å². The molecule has 1 heterocycles. The van der Waals surface area contributed by atoms with Crippen LogP contribution in [0.2, 0.25) is 0 Å². The number of halogens is 1. The summed E-state index contributed by atoms with van der Waals surface area (Å²) >= 11 is 5.49. The van der Waals surface area contributed by atoms with Crippen molar-refractivity contribution in [2.75, 3.05) is 6.54 Å². The second-order valence-electron chi connectivity index (χ2n) is 5.64. The Hall–Kier alpha value is -0.380. The summed E-state index contributed by atoms with van der Waals surface area (Å²) in [6, 6.07) is 6.90. The van der Waals surface area contributed by atoms with Crippen molar-refractivity contribution in [1.29, 1.82) is 0 Å². The molecular formula is C16H22BrNS. The molecule has 0 amide bonds. The van der Waals surface area contributed by atoms with Crippen molar-refractivity contribution >= 4 is 37.4 Å². The highest BCUT2D eigenvalue weighted by Gasteiger charge is 2.30. The highest BCUT2D eigenvalue weighted by molar-refractivity contribution is 9.10. The second kappa shape index (κ2) is 5.94. The molecule has 1 aromatic heterocycles. The quantitative estimate of drug-likeness (QED) is 0.731. The van der Waals surface area contributed by atoms with Crippen LogP contribution in [0, 0.1) is 5.41 Å². The average molecular weight is 340 g/mol. The molecule has 0 fully saturated rings. The summed E-state index contributed by atoms with van der Waals surface area (Å²) in [6.07, 6.45) is 1.16. The molecule has 0 aliphatic heterocycles. The first-order valence-electron chi connectivity index (χ1n) is 6.90. The zero-order chi connectivity index (χ0) is 14.0. The fraction of sp³-hybridized carbons (Fsp3) is 0.500. The molecule has 0 saturated heterocycles. The van der Waals surface area contributed by atoms with E-state index in [1.54, 1.807) is 0 Å². The third-order valence-corrected chi connectivity index (χ3v) is 5.96. The lowest BCUT2D eigenvalue weighted by Crippen LogP contribution is -2.33. The van der Waals surface area contributed by atoms with Gasteiger partial charge in [0.1, 0.15) is 0 Å². The smallest absolute Gasteiger partial charge is 0.0488 e. The molecule has 2 aromatic rings. The summed E-state index contributed by atoms with van der Waals surface area (Å²) in [5.41, 5.74) is 1.70. The lowest BCUT2D eigenvalue weighted by molar-refractivity contribution is 0.239. The average Bonchev–Trinajstić information content (AvgIpc) is 2.81. The summed E-state index contributed by atoms with van der Waals surface area (Å²) in [4.78, 5) is 0. The molecule has 3 heteroatoms. The molecule has 0 aliphatic carbocycles. The SMILES string of the molecule is CCNC(c1csc2c(Br)cccc12)C(C)(C)CC. The molecule has 1 aromatic carbocycles. The number of rotatable bonds is 5. The Bertz CT molecular complexity index is 559. The Morgan fingerprint density at radius 3 is 2.68 bits per heavy atom. The Morgan fingerprint density at radius 2 is 2.05 bits per heavy atom. The van der Waals surface area contributed by atoms with E-state index < -0.39 is 0 Å². The standard InChI is InChI=1S/C16H22BrNS/c1-5-16(3,4)15(18-6-2)12-10-19-14-11(12)8-7-9-13(14)17/h7-10,15,18H,5-6H2,1-4H3. The van der Waals surface area contributed by atoms with Gasteiger partial charge in [-0.25, -0.2) is 0 Å². The topological polar surface area (TPSA) is 12.0 Å². The molecule has 0 aliphatic rings. The zero-order valence-corrected chi connectivity index (χ0v) is 14.5. The van der Waals surface area contributed by atoms with Crippen molar-refractivity contribution in [2.45, 2.75) is 40.2 Å². The molecular weight excluding hydrogens is 318 g/mol. The van der Waals surface area contributed by atoms with Gasteiger partial charge in [-0.1, -0.05) is 39.8 Å². The van der Waals surface area contributed by atoms with E-state index in [-0.39, 0.29) is 5.41 Å². The minimum absolute atomic E-state index is 0.256. The van der Waals surface area contributed by atoms with Crippen LogP contribution in [0.5, 0.6) is 0 Å². The van der Waals surface area contributed by atoms with Gasteiger partial charge in [-0.15, -0.1) is 11.3 Å². The van der Waals surface area contributed by atoms with E-state index in [4.69, 9.17) is 0 Å². The molecule has 0 spiro atoms. The highest BCUT2D eigenvalue weighted by atomic mass is 79.9. The van der Waals surface area contributed by atoms with Gasteiger partial charge in [-0.2, -0.15) is 0 Å². The minimum atomic E-state index is 0.256. The normalized spacial score (nSPS) is 13.9. The number of benzene rings is 1. The molecule has 19 heavy (non-hydrogen) atoms. The first kappa shape index (κ1) is 15.0. The molecule has 0 bridgehead atoms. The van der Waals surface area contributed by atoms with Crippen molar-refractivity contribution in [3.8, 4) is 0 Å². The van der Waals surface area contributed by atoms with Gasteiger partial charge in [0.05, 0.1) is 0 Å². The predicted molar refractivity (Wildman–Crippen MR) is 90.0 cm³/mol. The number of nitrogens with one attached hydrogen (secondary N) is 1. The summed E-state index contributed by atoms with van der Waals surface area (Å²) in [5.74, 6) is 0. The summed E-state index contributed by atoms with van der Waals surface area (Å²) in [5, 5.41) is 7.38. The molecule has 1 unspecified atom stereocenters. The first-order valence-corrected chi connectivity index (χ1v) is 8.57. The van der Waals surface area contributed by atoms with E-state index in [1.165, 1.54) is 20.1 Å². The number of hydrogen-bond donors (Lipinski definition) is 1. The Morgan fingerprint density at radius 1 is 1.32 bits per heavy atom. The Balaban J connectivity index is 2.54. The van der Waals surface area contributed by atoms with Crippen LogP contribution >= 0.6 is 27.3 Å². The van der Waals surface area contributed by atoms with Crippen molar-refractivity contribution in [2.24, 2.45) is 5.41 Å². The van der Waals surface area contributed by atoms with Crippen LogP contribution in [-0.2, 0) is 0 Å². The van der Waals surface area contributed by atoms with E-state index in [2.05, 4.69) is 72.5 Å². The maximum absolute atomic E-state index is 3.68. The molecule has 0 radical (unpaired) electrons. The van der Waals surface area contributed by atoms with Crippen LogP contribution in [0.1, 0.15) is 45.7 Å². The van der Waals surface area contributed by atoms with Crippen LogP contribution < -0.4 is 5.32 Å². The van der Waals surface area contributed by atoms with E-state index in [9.17, 15) is 0 Å². The van der Waals surface area contributed by atoms with Gasteiger partial charge in [0.2, 0.25) is 0 Å². The summed E-state index contributed by atoms with van der Waals surface area (Å²) < 4.78 is 2.55. The lowest BCUT2D eigenvalue weighted by atomic mass is 9.78. The van der Waals surface area contributed by atoms with Crippen molar-refractivity contribution in [3.63, 3.8) is 0 Å². The van der Waals surface area contributed by atoms with Crippen LogP contribution in [0.15, 0.2) is 28.1 Å². The van der Waals surface area contributed by atoms with Gasteiger partial charge in [0.15, 0.2) is 0 Å². The Kier molecular flexibility index (Phi) is 4.70. The van der Waals surface area contributed by atoms with E-state index >= 15 is 0 Å². The zero-order valence-electron chi connectivity index (χ0n) is 12.1. The van der Waals surface area contributed by atoms with Gasteiger partial charge in [-0.3, -0.25) is 0 Å². The number of fused-ring (bicyclic) bond motifs is 1. The fourth-order valence-corrected chi connectivity index (χ4v) is 4.13. The minimum Gasteiger partial charge on any atom is -0.310 e. The third kappa shape index (κ3) is 2.88. The van der Waals surface area contributed by atoms with E-state index in [0.717, 1.165) is 13.0 Å². The van der Waals surface area contributed by atoms with Crippen LogP contribution in [0.4, 0.5) is 0 Å². The molecule has 1 N–H and O–H groups in total. The number of thiophene rings is 1. The highest BCUT2D eigenvalue weighted by Crippen LogP contribution is 2.42. The Labute approximate surface area is 128 Å². The first-order chi connectivity index (χ1) is 9.01. The van der Waals surface area contributed by atoms with Crippen molar-refractivity contribution in [3.05, 3.63) is 33.6 Å². The van der Waals surface area contributed by atoms with Crippen LogP contribution in [-0.4, -0.2) is 6.54 Å². The maximum atomic E-state index is 3.68. The molecule has 0 saturated carbocycles. The van der Waals surface area contributed by atoms with E-state index in [1.807, 2.05) is 11.3 Å². The van der Waals surface area contributed by atoms with Gasteiger partial charge in [0, 0.05) is 15.2 Å². The molecule has 1 nitrogen and oxygen atoms in total. The third-order valence-electron chi connectivity index (χ3n) is 3.99. The number of hydrogen-bond acceptors (Lipinski definition) is 2. The summed E-state index contributed by atoms with van der Waals surface area (Å²) in [6.45, 7) is 10.2. The summed E-state index contributed by atoms with van der Waals surface area (Å²) in [7, 11) is 0. The molecule has 2 rings (SSSR count). The van der Waals surface area contributed by atoms with Gasteiger partial charge in [0.25, 0.3) is 0 Å². The predicted octanol–water partition coefficient (Wildman–Crippen LogP) is 5.75. The van der Waals surface area contributed by atoms with Gasteiger partial charge >= 0.3 is 0 Å². The monoisotopic (exact) mass is 339 g/mol. The lowest BCUT2D eigenvalue weighted by Gasteiger charge is -2.34. The van der Waals surface area contributed by atoms with Gasteiger partial charge < -0.3 is 5.32 Å². The van der Waals surface area contributed by atoms with Crippen molar-refractivity contribution < 1.29 is 0 Å².